The quantitative estimate of drug-likeness (QED) is 0.543. The molecular formula is C26H39NO5. The van der Waals surface area contributed by atoms with E-state index >= 15 is 0 Å². The topological polar surface area (TPSA) is 76.1 Å². The number of carbonyl (C=O) groups is 2. The summed E-state index contributed by atoms with van der Waals surface area (Å²) in [6.45, 7) is 7.84. The molecule has 1 heterocycles. The number of hydrogen-bond donors (Lipinski definition) is 1. The first-order valence-electron chi connectivity index (χ1n) is 12.1. The summed E-state index contributed by atoms with van der Waals surface area (Å²) in [5, 5.41) is 9.77. The maximum atomic E-state index is 13.3. The van der Waals surface area contributed by atoms with Gasteiger partial charge in [0.1, 0.15) is 12.3 Å². The zero-order valence-corrected chi connectivity index (χ0v) is 20.0. The second kappa shape index (κ2) is 10.7. The van der Waals surface area contributed by atoms with Crippen LogP contribution in [0.25, 0.3) is 0 Å². The number of hydrogen-bond acceptors (Lipinski definition) is 4. The molecule has 0 spiro atoms. The van der Waals surface area contributed by atoms with E-state index in [-0.39, 0.29) is 24.7 Å². The lowest BCUT2D eigenvalue weighted by Crippen LogP contribution is -2.49. The number of aliphatic carboxylic acids is 1. The molecule has 2 aliphatic rings. The fourth-order valence-electron chi connectivity index (χ4n) is 5.35. The van der Waals surface area contributed by atoms with Gasteiger partial charge in [-0.25, -0.2) is 4.79 Å². The third kappa shape index (κ3) is 6.03. The number of rotatable bonds is 8. The number of benzene rings is 1. The molecule has 0 aromatic heterocycles. The Labute approximate surface area is 192 Å². The van der Waals surface area contributed by atoms with Crippen LogP contribution in [-0.4, -0.2) is 39.9 Å². The van der Waals surface area contributed by atoms with Gasteiger partial charge < -0.3 is 14.6 Å². The van der Waals surface area contributed by atoms with E-state index in [1.54, 1.807) is 4.90 Å². The van der Waals surface area contributed by atoms with Gasteiger partial charge in [0.05, 0.1) is 18.1 Å². The van der Waals surface area contributed by atoms with Crippen LogP contribution in [0.5, 0.6) is 0 Å². The third-order valence-corrected chi connectivity index (χ3v) is 7.09. The van der Waals surface area contributed by atoms with Crippen LogP contribution < -0.4 is 0 Å². The average molecular weight is 446 g/mol. The van der Waals surface area contributed by atoms with Crippen LogP contribution in [0.2, 0.25) is 0 Å². The zero-order chi connectivity index (χ0) is 23.3. The average Bonchev–Trinajstić information content (AvgIpc) is 3.00. The van der Waals surface area contributed by atoms with Crippen LogP contribution in [0.1, 0.15) is 78.2 Å². The fourth-order valence-corrected chi connectivity index (χ4v) is 5.35. The van der Waals surface area contributed by atoms with E-state index in [4.69, 9.17) is 9.47 Å². The van der Waals surface area contributed by atoms with Crippen molar-refractivity contribution >= 4 is 12.1 Å². The summed E-state index contributed by atoms with van der Waals surface area (Å²) in [5.74, 6) is -0.790. The first-order valence-corrected chi connectivity index (χ1v) is 12.1. The van der Waals surface area contributed by atoms with Crippen molar-refractivity contribution in [3.8, 4) is 0 Å². The second-order valence-corrected chi connectivity index (χ2v) is 10.2. The first-order chi connectivity index (χ1) is 15.2. The number of carboxylic acid groups (broad SMARTS) is 1. The molecule has 1 aliphatic heterocycles. The van der Waals surface area contributed by atoms with Gasteiger partial charge in [-0.05, 0) is 44.1 Å². The highest BCUT2D eigenvalue weighted by Gasteiger charge is 2.52. The highest BCUT2D eigenvalue weighted by atomic mass is 16.6. The van der Waals surface area contributed by atoms with Gasteiger partial charge in [0, 0.05) is 0 Å². The van der Waals surface area contributed by atoms with E-state index < -0.39 is 23.7 Å². The van der Waals surface area contributed by atoms with E-state index in [2.05, 4.69) is 0 Å². The Balaban J connectivity index is 1.80. The van der Waals surface area contributed by atoms with E-state index in [9.17, 15) is 14.7 Å². The molecule has 1 saturated carbocycles. The van der Waals surface area contributed by atoms with Crippen molar-refractivity contribution in [3.63, 3.8) is 0 Å². The molecule has 1 aromatic carbocycles. The molecule has 1 amide bonds. The van der Waals surface area contributed by atoms with Crippen LogP contribution in [0.15, 0.2) is 30.3 Å². The summed E-state index contributed by atoms with van der Waals surface area (Å²) >= 11 is 0. The summed E-state index contributed by atoms with van der Waals surface area (Å²) in [6, 6.07) is 9.46. The molecule has 1 N–H and O–H groups in total. The molecule has 3 rings (SSSR count). The van der Waals surface area contributed by atoms with Crippen molar-refractivity contribution in [1.29, 1.82) is 0 Å². The van der Waals surface area contributed by atoms with Crippen molar-refractivity contribution in [2.75, 3.05) is 0 Å². The molecule has 1 saturated heterocycles. The minimum atomic E-state index is -0.849. The number of amides is 1. The normalized spacial score (nSPS) is 24.5. The predicted octanol–water partition coefficient (Wildman–Crippen LogP) is 5.85. The highest BCUT2D eigenvalue weighted by molar-refractivity contribution is 5.71. The van der Waals surface area contributed by atoms with Crippen molar-refractivity contribution < 1.29 is 24.2 Å². The van der Waals surface area contributed by atoms with Crippen LogP contribution in [-0.2, 0) is 20.9 Å². The summed E-state index contributed by atoms with van der Waals surface area (Å²) < 4.78 is 12.1. The van der Waals surface area contributed by atoms with Crippen LogP contribution in [0.4, 0.5) is 4.79 Å². The molecule has 1 aliphatic carbocycles. The molecule has 0 radical (unpaired) electrons. The largest absolute Gasteiger partial charge is 0.481 e. The van der Waals surface area contributed by atoms with Crippen molar-refractivity contribution in [3.05, 3.63) is 35.9 Å². The Bertz CT molecular complexity index is 757. The summed E-state index contributed by atoms with van der Waals surface area (Å²) in [6.07, 6.45) is 6.53. The lowest BCUT2D eigenvalue weighted by atomic mass is 9.81. The van der Waals surface area contributed by atoms with Crippen molar-refractivity contribution in [1.82, 2.24) is 4.90 Å². The Morgan fingerprint density at radius 1 is 1.16 bits per heavy atom. The maximum Gasteiger partial charge on any atom is 0.412 e. The minimum absolute atomic E-state index is 0.00590. The number of carboxylic acids is 1. The Hall–Kier alpha value is -2.08. The molecule has 6 nitrogen and oxygen atoms in total. The summed E-state index contributed by atoms with van der Waals surface area (Å²) in [5.41, 5.74) is 0.0857. The van der Waals surface area contributed by atoms with Crippen molar-refractivity contribution in [2.24, 2.45) is 17.8 Å². The van der Waals surface area contributed by atoms with E-state index in [0.717, 1.165) is 24.8 Å². The molecule has 0 bridgehead atoms. The third-order valence-electron chi connectivity index (χ3n) is 7.09. The number of carbonyl (C=O) groups excluding carboxylic acids is 1. The van der Waals surface area contributed by atoms with E-state index in [1.807, 2.05) is 58.0 Å². The van der Waals surface area contributed by atoms with Gasteiger partial charge in [-0.2, -0.15) is 0 Å². The van der Waals surface area contributed by atoms with Crippen LogP contribution in [0.3, 0.4) is 0 Å². The molecule has 32 heavy (non-hydrogen) atoms. The van der Waals surface area contributed by atoms with Gasteiger partial charge >= 0.3 is 12.1 Å². The molecule has 0 unspecified atom stereocenters. The Kier molecular flexibility index (Phi) is 8.21. The van der Waals surface area contributed by atoms with E-state index in [1.165, 1.54) is 19.3 Å². The minimum Gasteiger partial charge on any atom is -0.481 e. The zero-order valence-electron chi connectivity index (χ0n) is 20.0. The molecule has 2 fully saturated rings. The lowest BCUT2D eigenvalue weighted by molar-refractivity contribution is -0.145. The Morgan fingerprint density at radius 2 is 1.81 bits per heavy atom. The smallest absolute Gasteiger partial charge is 0.412 e. The first kappa shape index (κ1) is 24.6. The predicted molar refractivity (Wildman–Crippen MR) is 123 cm³/mol. The van der Waals surface area contributed by atoms with Gasteiger partial charge in [0.2, 0.25) is 0 Å². The molecule has 3 atom stereocenters. The van der Waals surface area contributed by atoms with Crippen molar-refractivity contribution in [2.45, 2.75) is 97.1 Å². The number of nitrogens with zero attached hydrogens (tertiary/aromatic N) is 1. The molecule has 6 heteroatoms. The van der Waals surface area contributed by atoms with E-state index in [0.29, 0.717) is 12.3 Å². The van der Waals surface area contributed by atoms with Gasteiger partial charge in [-0.1, -0.05) is 76.3 Å². The van der Waals surface area contributed by atoms with Gasteiger partial charge in [-0.3, -0.25) is 9.69 Å². The molecule has 1 aromatic rings. The highest BCUT2D eigenvalue weighted by Crippen LogP contribution is 2.41. The second-order valence-electron chi connectivity index (χ2n) is 10.2. The van der Waals surface area contributed by atoms with Crippen LogP contribution >= 0.6 is 0 Å². The van der Waals surface area contributed by atoms with Gasteiger partial charge in [-0.15, -0.1) is 0 Å². The maximum absolute atomic E-state index is 13.3. The SMILES string of the molecule is CC(C)[C@H](C[C@@H]1OC(C)(C)N(C(=O)OCc2ccccc2)[C@H]1CC1CCCCC1)C(=O)O. The number of ether oxygens (including phenoxy) is 2. The molecular weight excluding hydrogens is 406 g/mol. The lowest BCUT2D eigenvalue weighted by Gasteiger charge is -2.35. The van der Waals surface area contributed by atoms with Gasteiger partial charge in [0.15, 0.2) is 0 Å². The Morgan fingerprint density at radius 3 is 2.41 bits per heavy atom. The summed E-state index contributed by atoms with van der Waals surface area (Å²) in [7, 11) is 0. The fraction of sp³-hybridized carbons (Fsp3) is 0.692. The molecule has 178 valence electrons. The summed E-state index contributed by atoms with van der Waals surface area (Å²) in [4.78, 5) is 26.9. The standard InChI is InChI=1S/C26H39NO5/c1-18(2)21(24(28)29)16-23-22(15-19-11-7-5-8-12-19)27(26(3,4)32-23)25(30)31-17-20-13-9-6-10-14-20/h6,9-10,13-14,18-19,21-23H,5,7-8,11-12,15-17H2,1-4H3,(H,28,29)/t21-,22-,23-/m0/s1. The van der Waals surface area contributed by atoms with Crippen LogP contribution in [0, 0.1) is 17.8 Å². The van der Waals surface area contributed by atoms with Gasteiger partial charge in [0.25, 0.3) is 0 Å². The monoisotopic (exact) mass is 445 g/mol.